The normalized spacial score (nSPS) is 12.4. The first-order valence-corrected chi connectivity index (χ1v) is 8.07. The first-order valence-electron chi connectivity index (χ1n) is 8.07. The lowest BCUT2D eigenvalue weighted by molar-refractivity contribution is -0.130. The van der Waals surface area contributed by atoms with Crippen LogP contribution in [0, 0.1) is 0 Å². The number of nitrogens with zero attached hydrogens (tertiary/aromatic N) is 1. The smallest absolute Gasteiger partial charge is 0.222 e. The third-order valence-electron chi connectivity index (χ3n) is 3.48. The van der Waals surface area contributed by atoms with E-state index in [1.165, 1.54) is 51.4 Å². The second-order valence-corrected chi connectivity index (χ2v) is 5.83. The number of nitrogens with two attached hydrogens (primary N) is 1. The average molecular weight is 270 g/mol. The van der Waals surface area contributed by atoms with E-state index < -0.39 is 0 Å². The van der Waals surface area contributed by atoms with Gasteiger partial charge in [0, 0.05) is 26.1 Å². The van der Waals surface area contributed by atoms with Gasteiger partial charge in [0.25, 0.3) is 0 Å². The highest BCUT2D eigenvalue weighted by atomic mass is 16.2. The molecule has 0 aliphatic heterocycles. The van der Waals surface area contributed by atoms with E-state index in [0.717, 1.165) is 6.42 Å². The first kappa shape index (κ1) is 18.4. The summed E-state index contributed by atoms with van der Waals surface area (Å²) in [6.07, 6.45) is 12.3. The molecule has 3 nitrogen and oxygen atoms in total. The Labute approximate surface area is 119 Å². The minimum absolute atomic E-state index is 0.0667. The quantitative estimate of drug-likeness (QED) is 0.549. The van der Waals surface area contributed by atoms with Crippen molar-refractivity contribution < 1.29 is 4.79 Å². The standard InChI is InChI=1S/C16H34N2O/c1-4-5-6-7-8-9-10-11-12-13-16(19)18(3)14-15(2)17/h15H,4-14,17H2,1-3H3. The summed E-state index contributed by atoms with van der Waals surface area (Å²) in [5.74, 6) is 0.236. The van der Waals surface area contributed by atoms with Crippen LogP contribution in [0.1, 0.15) is 78.1 Å². The van der Waals surface area contributed by atoms with Gasteiger partial charge in [0.05, 0.1) is 0 Å². The van der Waals surface area contributed by atoms with E-state index in [1.807, 2.05) is 14.0 Å². The summed E-state index contributed by atoms with van der Waals surface area (Å²) in [7, 11) is 1.85. The van der Waals surface area contributed by atoms with E-state index in [4.69, 9.17) is 5.73 Å². The van der Waals surface area contributed by atoms with Crippen LogP contribution in [-0.2, 0) is 4.79 Å². The summed E-state index contributed by atoms with van der Waals surface area (Å²) in [4.78, 5) is 13.5. The molecule has 0 spiro atoms. The molecule has 0 bridgehead atoms. The van der Waals surface area contributed by atoms with Crippen LogP contribution in [0.15, 0.2) is 0 Å². The molecule has 0 saturated carbocycles. The van der Waals surface area contributed by atoms with E-state index in [1.54, 1.807) is 4.90 Å². The zero-order valence-electron chi connectivity index (χ0n) is 13.3. The Morgan fingerprint density at radius 1 is 1.00 bits per heavy atom. The summed E-state index contributed by atoms with van der Waals surface area (Å²) in [6, 6.07) is 0.0667. The van der Waals surface area contributed by atoms with Gasteiger partial charge in [-0.05, 0) is 13.3 Å². The number of hydrogen-bond acceptors (Lipinski definition) is 2. The van der Waals surface area contributed by atoms with E-state index >= 15 is 0 Å². The number of unbranched alkanes of at least 4 members (excludes halogenated alkanes) is 8. The summed E-state index contributed by atoms with van der Waals surface area (Å²) < 4.78 is 0. The van der Waals surface area contributed by atoms with Gasteiger partial charge in [-0.1, -0.05) is 58.3 Å². The van der Waals surface area contributed by atoms with Crippen molar-refractivity contribution in [3.05, 3.63) is 0 Å². The van der Waals surface area contributed by atoms with Crippen LogP contribution in [0.5, 0.6) is 0 Å². The van der Waals surface area contributed by atoms with Crippen molar-refractivity contribution in [1.29, 1.82) is 0 Å². The van der Waals surface area contributed by atoms with Crippen LogP contribution < -0.4 is 5.73 Å². The molecule has 1 amide bonds. The number of likely N-dealkylation sites (N-methyl/N-ethyl adjacent to an activating group) is 1. The maximum absolute atomic E-state index is 11.8. The van der Waals surface area contributed by atoms with Gasteiger partial charge in [-0.15, -0.1) is 0 Å². The molecular formula is C16H34N2O. The molecule has 1 unspecified atom stereocenters. The molecule has 1 atom stereocenters. The zero-order valence-corrected chi connectivity index (χ0v) is 13.3. The van der Waals surface area contributed by atoms with Crippen molar-refractivity contribution in [2.45, 2.75) is 84.1 Å². The topological polar surface area (TPSA) is 46.3 Å². The predicted octanol–water partition coefficient (Wildman–Crippen LogP) is 3.71. The lowest BCUT2D eigenvalue weighted by atomic mass is 10.1. The number of hydrogen-bond donors (Lipinski definition) is 1. The monoisotopic (exact) mass is 270 g/mol. The molecule has 0 saturated heterocycles. The Hall–Kier alpha value is -0.570. The van der Waals surface area contributed by atoms with Crippen LogP contribution >= 0.6 is 0 Å². The molecule has 2 N–H and O–H groups in total. The SMILES string of the molecule is CCCCCCCCCCCC(=O)N(C)CC(C)N. The first-order chi connectivity index (χ1) is 9.07. The number of carbonyl (C=O) groups excluding carboxylic acids is 1. The van der Waals surface area contributed by atoms with Gasteiger partial charge in [-0.3, -0.25) is 4.79 Å². The lowest BCUT2D eigenvalue weighted by Gasteiger charge is -2.19. The Morgan fingerprint density at radius 3 is 1.95 bits per heavy atom. The van der Waals surface area contributed by atoms with Gasteiger partial charge in [-0.2, -0.15) is 0 Å². The molecule has 0 radical (unpaired) electrons. The van der Waals surface area contributed by atoms with Crippen molar-refractivity contribution in [2.24, 2.45) is 5.73 Å². The summed E-state index contributed by atoms with van der Waals surface area (Å²) in [6.45, 7) is 4.85. The Balaban J connectivity index is 3.32. The summed E-state index contributed by atoms with van der Waals surface area (Å²) in [5, 5.41) is 0. The summed E-state index contributed by atoms with van der Waals surface area (Å²) >= 11 is 0. The number of amides is 1. The second-order valence-electron chi connectivity index (χ2n) is 5.83. The largest absolute Gasteiger partial charge is 0.344 e. The van der Waals surface area contributed by atoms with Crippen molar-refractivity contribution in [1.82, 2.24) is 4.90 Å². The Morgan fingerprint density at radius 2 is 1.47 bits per heavy atom. The van der Waals surface area contributed by atoms with Crippen LogP contribution in [0.2, 0.25) is 0 Å². The van der Waals surface area contributed by atoms with E-state index in [2.05, 4.69) is 6.92 Å². The molecule has 3 heteroatoms. The van der Waals surface area contributed by atoms with Gasteiger partial charge in [0.1, 0.15) is 0 Å². The molecule has 0 heterocycles. The molecule has 0 aliphatic carbocycles. The van der Waals surface area contributed by atoms with Crippen LogP contribution in [0.25, 0.3) is 0 Å². The third-order valence-corrected chi connectivity index (χ3v) is 3.48. The van der Waals surface area contributed by atoms with Crippen molar-refractivity contribution in [2.75, 3.05) is 13.6 Å². The summed E-state index contributed by atoms with van der Waals surface area (Å²) in [5.41, 5.74) is 5.68. The fourth-order valence-electron chi connectivity index (χ4n) is 2.31. The van der Waals surface area contributed by atoms with E-state index in [9.17, 15) is 4.79 Å². The molecule has 0 fully saturated rings. The second kappa shape index (κ2) is 12.5. The lowest BCUT2D eigenvalue weighted by Crippen LogP contribution is -2.36. The van der Waals surface area contributed by atoms with Crippen LogP contribution in [0.4, 0.5) is 0 Å². The third kappa shape index (κ3) is 12.2. The van der Waals surface area contributed by atoms with Gasteiger partial charge in [-0.25, -0.2) is 0 Å². The van der Waals surface area contributed by atoms with E-state index in [-0.39, 0.29) is 11.9 Å². The maximum Gasteiger partial charge on any atom is 0.222 e. The highest BCUT2D eigenvalue weighted by Gasteiger charge is 2.09. The van der Waals surface area contributed by atoms with Gasteiger partial charge < -0.3 is 10.6 Å². The zero-order chi connectivity index (χ0) is 14.5. The molecule has 19 heavy (non-hydrogen) atoms. The molecule has 0 rings (SSSR count). The molecule has 114 valence electrons. The average Bonchev–Trinajstić information content (AvgIpc) is 2.35. The van der Waals surface area contributed by atoms with E-state index in [0.29, 0.717) is 13.0 Å². The maximum atomic E-state index is 11.8. The van der Waals surface area contributed by atoms with Crippen LogP contribution in [-0.4, -0.2) is 30.4 Å². The minimum Gasteiger partial charge on any atom is -0.344 e. The van der Waals surface area contributed by atoms with Crippen molar-refractivity contribution in [3.63, 3.8) is 0 Å². The van der Waals surface area contributed by atoms with Crippen molar-refractivity contribution in [3.8, 4) is 0 Å². The highest BCUT2D eigenvalue weighted by molar-refractivity contribution is 5.75. The molecule has 0 aliphatic rings. The number of rotatable bonds is 12. The van der Waals surface area contributed by atoms with Gasteiger partial charge >= 0.3 is 0 Å². The highest BCUT2D eigenvalue weighted by Crippen LogP contribution is 2.11. The fourth-order valence-corrected chi connectivity index (χ4v) is 2.31. The predicted molar refractivity (Wildman–Crippen MR) is 83.1 cm³/mol. The minimum atomic E-state index is 0.0667. The Kier molecular flexibility index (Phi) is 12.1. The molecular weight excluding hydrogens is 236 g/mol. The van der Waals surface area contributed by atoms with Crippen LogP contribution in [0.3, 0.4) is 0 Å². The van der Waals surface area contributed by atoms with Gasteiger partial charge in [0.15, 0.2) is 0 Å². The molecule has 0 aromatic carbocycles. The van der Waals surface area contributed by atoms with Crippen molar-refractivity contribution >= 4 is 5.91 Å². The molecule has 0 aromatic rings. The molecule has 0 aromatic heterocycles. The fraction of sp³-hybridized carbons (Fsp3) is 0.938. The van der Waals surface area contributed by atoms with Gasteiger partial charge in [0.2, 0.25) is 5.91 Å². The number of carbonyl (C=O) groups is 1. The Bertz CT molecular complexity index is 217.